The van der Waals surface area contributed by atoms with Gasteiger partial charge in [-0.2, -0.15) is 0 Å². The number of ether oxygens (including phenoxy) is 6. The van der Waals surface area contributed by atoms with Gasteiger partial charge in [-0.1, -0.05) is 36.4 Å². The number of aromatic hydroxyl groups is 1. The molecule has 0 aliphatic carbocycles. The predicted octanol–water partition coefficient (Wildman–Crippen LogP) is 4.61. The fourth-order valence-electron chi connectivity index (χ4n) is 2.99. The van der Waals surface area contributed by atoms with Crippen molar-refractivity contribution in [3.63, 3.8) is 0 Å². The first kappa shape index (κ1) is 22.3. The van der Waals surface area contributed by atoms with Crippen molar-refractivity contribution in [3.8, 4) is 39.9 Å². The highest BCUT2D eigenvalue weighted by Gasteiger charge is 2.17. The molecular weight excluding hydrogens is 400 g/mol. The third-order valence-electron chi connectivity index (χ3n) is 4.42. The van der Waals surface area contributed by atoms with Gasteiger partial charge in [0.2, 0.25) is 0 Å². The molecule has 0 saturated carbocycles. The predicted molar refractivity (Wildman–Crippen MR) is 116 cm³/mol. The lowest BCUT2D eigenvalue weighted by Gasteiger charge is -2.17. The molecule has 31 heavy (non-hydrogen) atoms. The third-order valence-corrected chi connectivity index (χ3v) is 4.42. The molecular formula is C24H26O7. The summed E-state index contributed by atoms with van der Waals surface area (Å²) in [6.07, 6.45) is 0. The number of phenols is 1. The van der Waals surface area contributed by atoms with E-state index in [1.54, 1.807) is 25.3 Å². The first-order valence-corrected chi connectivity index (χ1v) is 9.62. The van der Waals surface area contributed by atoms with Gasteiger partial charge < -0.3 is 33.5 Å². The maximum Gasteiger partial charge on any atom is 0.188 e. The maximum absolute atomic E-state index is 10.7. The van der Waals surface area contributed by atoms with Crippen molar-refractivity contribution >= 4 is 0 Å². The minimum absolute atomic E-state index is 0.00763. The largest absolute Gasteiger partial charge is 0.507 e. The second-order valence-corrected chi connectivity index (χ2v) is 6.56. The number of phenolic OH excluding ortho intramolecular Hbond substituents is 1. The van der Waals surface area contributed by atoms with Gasteiger partial charge >= 0.3 is 0 Å². The zero-order valence-corrected chi connectivity index (χ0v) is 17.8. The van der Waals surface area contributed by atoms with Crippen LogP contribution in [0, 0.1) is 0 Å². The summed E-state index contributed by atoms with van der Waals surface area (Å²) in [5, 5.41) is 10.7. The molecule has 0 fully saturated rings. The van der Waals surface area contributed by atoms with Crippen LogP contribution in [0.25, 0.3) is 11.1 Å². The minimum Gasteiger partial charge on any atom is -0.507 e. The van der Waals surface area contributed by atoms with Crippen molar-refractivity contribution in [1.29, 1.82) is 0 Å². The molecule has 0 radical (unpaired) electrons. The van der Waals surface area contributed by atoms with Crippen LogP contribution in [0.15, 0.2) is 60.7 Å². The molecule has 0 atom stereocenters. The van der Waals surface area contributed by atoms with Crippen LogP contribution in [-0.2, 0) is 16.1 Å². The van der Waals surface area contributed by atoms with Crippen LogP contribution in [0.2, 0.25) is 0 Å². The Morgan fingerprint density at radius 3 is 2.16 bits per heavy atom. The van der Waals surface area contributed by atoms with Gasteiger partial charge in [-0.15, -0.1) is 0 Å². The monoisotopic (exact) mass is 426 g/mol. The van der Waals surface area contributed by atoms with Crippen LogP contribution >= 0.6 is 0 Å². The molecule has 0 aliphatic heterocycles. The molecule has 7 nitrogen and oxygen atoms in total. The van der Waals surface area contributed by atoms with Gasteiger partial charge in [0.15, 0.2) is 25.1 Å². The van der Waals surface area contributed by atoms with E-state index in [4.69, 9.17) is 28.4 Å². The molecule has 3 rings (SSSR count). The maximum atomic E-state index is 10.7. The number of benzene rings is 3. The van der Waals surface area contributed by atoms with Gasteiger partial charge in [-0.05, 0) is 23.3 Å². The Kier molecular flexibility index (Phi) is 7.98. The van der Waals surface area contributed by atoms with Gasteiger partial charge in [0.1, 0.15) is 23.9 Å². The van der Waals surface area contributed by atoms with Gasteiger partial charge in [0.05, 0.1) is 12.7 Å². The quantitative estimate of drug-likeness (QED) is 0.449. The van der Waals surface area contributed by atoms with Crippen molar-refractivity contribution in [2.75, 3.05) is 34.9 Å². The highest BCUT2D eigenvalue weighted by molar-refractivity contribution is 5.79. The van der Waals surface area contributed by atoms with Gasteiger partial charge in [-0.3, -0.25) is 0 Å². The molecule has 0 spiro atoms. The molecule has 0 aromatic heterocycles. The summed E-state index contributed by atoms with van der Waals surface area (Å²) in [7, 11) is 4.62. The normalized spacial score (nSPS) is 10.5. The van der Waals surface area contributed by atoms with Gasteiger partial charge in [-0.25, -0.2) is 0 Å². The fourth-order valence-corrected chi connectivity index (χ4v) is 2.99. The molecule has 0 amide bonds. The third kappa shape index (κ3) is 5.81. The SMILES string of the molecule is COCOc1cc(O)c(-c2ccc(OC)c(OCc3ccccc3)c2)c(OCOC)c1. The topological polar surface area (TPSA) is 75.6 Å². The first-order valence-electron chi connectivity index (χ1n) is 9.62. The summed E-state index contributed by atoms with van der Waals surface area (Å²) in [6, 6.07) is 18.4. The Morgan fingerprint density at radius 2 is 1.45 bits per heavy atom. The van der Waals surface area contributed by atoms with Crippen LogP contribution in [-0.4, -0.2) is 40.0 Å². The average Bonchev–Trinajstić information content (AvgIpc) is 2.80. The first-order chi connectivity index (χ1) is 15.2. The van der Waals surface area contributed by atoms with Gasteiger partial charge in [0, 0.05) is 26.4 Å². The molecule has 0 heterocycles. The lowest BCUT2D eigenvalue weighted by atomic mass is 10.0. The minimum atomic E-state index is -0.0149. The number of rotatable bonds is 11. The Morgan fingerprint density at radius 1 is 0.710 bits per heavy atom. The lowest BCUT2D eigenvalue weighted by molar-refractivity contribution is 0.0461. The molecule has 3 aromatic rings. The van der Waals surface area contributed by atoms with Crippen LogP contribution in [0.4, 0.5) is 0 Å². The van der Waals surface area contributed by atoms with Crippen molar-refractivity contribution < 1.29 is 33.5 Å². The van der Waals surface area contributed by atoms with E-state index in [2.05, 4.69) is 0 Å². The molecule has 0 bridgehead atoms. The molecule has 0 unspecified atom stereocenters. The van der Waals surface area contributed by atoms with Crippen LogP contribution < -0.4 is 18.9 Å². The summed E-state index contributed by atoms with van der Waals surface area (Å²) in [4.78, 5) is 0. The van der Waals surface area contributed by atoms with E-state index in [1.165, 1.54) is 20.3 Å². The second kappa shape index (κ2) is 11.1. The van der Waals surface area contributed by atoms with E-state index >= 15 is 0 Å². The summed E-state index contributed by atoms with van der Waals surface area (Å²) in [5.41, 5.74) is 2.20. The lowest BCUT2D eigenvalue weighted by Crippen LogP contribution is -2.03. The smallest absolute Gasteiger partial charge is 0.188 e. The van der Waals surface area contributed by atoms with E-state index in [9.17, 15) is 5.11 Å². The Hall–Kier alpha value is -3.42. The van der Waals surface area contributed by atoms with E-state index < -0.39 is 0 Å². The average molecular weight is 426 g/mol. The van der Waals surface area contributed by atoms with E-state index in [-0.39, 0.29) is 19.3 Å². The Balaban J connectivity index is 1.96. The number of hydrogen-bond donors (Lipinski definition) is 1. The highest BCUT2D eigenvalue weighted by atomic mass is 16.7. The summed E-state index contributed by atoms with van der Waals surface area (Å²) >= 11 is 0. The van der Waals surface area contributed by atoms with Crippen LogP contribution in [0.1, 0.15) is 5.56 Å². The van der Waals surface area contributed by atoms with Crippen molar-refractivity contribution in [3.05, 3.63) is 66.2 Å². The molecule has 0 aliphatic rings. The van der Waals surface area contributed by atoms with Crippen LogP contribution in [0.5, 0.6) is 28.7 Å². The summed E-state index contributed by atoms with van der Waals surface area (Å²) in [5.74, 6) is 1.91. The van der Waals surface area contributed by atoms with Crippen molar-refractivity contribution in [2.45, 2.75) is 6.61 Å². The molecule has 1 N–H and O–H groups in total. The zero-order chi connectivity index (χ0) is 22.1. The van der Waals surface area contributed by atoms with Crippen LogP contribution in [0.3, 0.4) is 0 Å². The second-order valence-electron chi connectivity index (χ2n) is 6.56. The molecule has 0 saturated heterocycles. The van der Waals surface area contributed by atoms with E-state index in [0.29, 0.717) is 40.7 Å². The zero-order valence-electron chi connectivity index (χ0n) is 17.8. The van der Waals surface area contributed by atoms with E-state index in [0.717, 1.165) is 5.56 Å². The standard InChI is InChI=1S/C24H26O7/c1-26-15-30-19-12-20(25)24(23(13-19)31-16-27-2)18-9-10-21(28-3)22(11-18)29-14-17-7-5-4-6-8-17/h4-13,25H,14-16H2,1-3H3. The molecule has 164 valence electrons. The molecule has 3 aromatic carbocycles. The highest BCUT2D eigenvalue weighted by Crippen LogP contribution is 2.44. The Labute approximate surface area is 181 Å². The number of methoxy groups -OCH3 is 3. The van der Waals surface area contributed by atoms with Crippen molar-refractivity contribution in [2.24, 2.45) is 0 Å². The van der Waals surface area contributed by atoms with E-state index in [1.807, 2.05) is 36.4 Å². The summed E-state index contributed by atoms with van der Waals surface area (Å²) < 4.78 is 32.5. The van der Waals surface area contributed by atoms with Crippen molar-refractivity contribution in [1.82, 2.24) is 0 Å². The number of hydrogen-bond acceptors (Lipinski definition) is 7. The molecule has 7 heteroatoms. The fraction of sp³-hybridized carbons (Fsp3) is 0.250. The van der Waals surface area contributed by atoms with Gasteiger partial charge in [0.25, 0.3) is 0 Å². The summed E-state index contributed by atoms with van der Waals surface area (Å²) in [6.45, 7) is 0.430. The Bertz CT molecular complexity index is 973.